The highest BCUT2D eigenvalue weighted by atomic mass is 19.4. The first-order valence-corrected chi connectivity index (χ1v) is 9.43. The molecule has 152 valence electrons. The zero-order valence-corrected chi connectivity index (χ0v) is 15.8. The summed E-state index contributed by atoms with van der Waals surface area (Å²) in [6.07, 6.45) is -1.09. The van der Waals surface area contributed by atoms with Crippen molar-refractivity contribution in [3.8, 4) is 0 Å². The Bertz CT molecular complexity index is 683. The summed E-state index contributed by atoms with van der Waals surface area (Å²) in [5.41, 5.74) is -1.77. The van der Waals surface area contributed by atoms with Crippen LogP contribution in [0.5, 0.6) is 0 Å². The first-order chi connectivity index (χ1) is 12.4. The molecule has 1 saturated carbocycles. The molecule has 0 spiro atoms. The van der Waals surface area contributed by atoms with Gasteiger partial charge in [-0.05, 0) is 55.8 Å². The van der Waals surface area contributed by atoms with E-state index >= 15 is 0 Å². The van der Waals surface area contributed by atoms with E-state index < -0.39 is 35.2 Å². The second-order valence-corrected chi connectivity index (χ2v) is 8.57. The third-order valence-electron chi connectivity index (χ3n) is 7.32. The molecule has 2 aliphatic carbocycles. The fraction of sp³-hybridized carbons (Fsp3) is 0.750. The zero-order valence-electron chi connectivity index (χ0n) is 15.8. The summed E-state index contributed by atoms with van der Waals surface area (Å²) >= 11 is 0. The van der Waals surface area contributed by atoms with Crippen molar-refractivity contribution >= 4 is 5.97 Å². The van der Waals surface area contributed by atoms with Crippen LogP contribution in [0, 0.1) is 23.2 Å². The van der Waals surface area contributed by atoms with Crippen molar-refractivity contribution in [3.05, 3.63) is 23.3 Å². The van der Waals surface area contributed by atoms with Crippen molar-refractivity contribution in [2.75, 3.05) is 6.61 Å². The molecule has 0 aromatic heterocycles. The van der Waals surface area contributed by atoms with E-state index in [2.05, 4.69) is 0 Å². The topological polar surface area (TPSA) is 66.8 Å². The third kappa shape index (κ3) is 3.12. The van der Waals surface area contributed by atoms with Gasteiger partial charge in [0.1, 0.15) is 12.7 Å². The number of esters is 1. The van der Waals surface area contributed by atoms with Crippen LogP contribution < -0.4 is 0 Å². The van der Waals surface area contributed by atoms with Crippen LogP contribution in [0.25, 0.3) is 0 Å². The summed E-state index contributed by atoms with van der Waals surface area (Å²) in [6, 6.07) is 0. The molecule has 0 aromatic rings. The molecule has 0 aromatic carbocycles. The number of ether oxygens (including phenoxy) is 1. The molecule has 0 unspecified atom stereocenters. The predicted octanol–water partition coefficient (Wildman–Crippen LogP) is 3.53. The number of hydrogen-bond donors (Lipinski definition) is 2. The minimum atomic E-state index is -4.65. The van der Waals surface area contributed by atoms with Gasteiger partial charge < -0.3 is 14.9 Å². The standard InChI is InChI=1S/C20H27F3O4/c1-11-4-6-15-12(2)19(26,20(21,22)23)9-8-18(15,3)14(11)7-5-13-16(24)10-27-17(13)25/h4-5,12,14-16,24,26H,6-10H2,1-3H3/b13-5+/t12-,14-,15-,16-,18+,19+/m1/s1. The van der Waals surface area contributed by atoms with Crippen LogP contribution in [0.2, 0.25) is 0 Å². The Morgan fingerprint density at radius 2 is 2.04 bits per heavy atom. The summed E-state index contributed by atoms with van der Waals surface area (Å²) in [5, 5.41) is 20.3. The lowest BCUT2D eigenvalue weighted by Crippen LogP contribution is -2.60. The molecule has 27 heavy (non-hydrogen) atoms. The van der Waals surface area contributed by atoms with Crippen molar-refractivity contribution in [2.45, 2.75) is 64.3 Å². The molecule has 0 amide bonds. The van der Waals surface area contributed by atoms with Gasteiger partial charge in [-0.2, -0.15) is 13.2 Å². The zero-order chi connectivity index (χ0) is 20.2. The van der Waals surface area contributed by atoms with Gasteiger partial charge in [0, 0.05) is 0 Å². The second-order valence-electron chi connectivity index (χ2n) is 8.57. The molecular weight excluding hydrogens is 361 g/mol. The lowest BCUT2D eigenvalue weighted by molar-refractivity contribution is -0.304. The molecule has 1 aliphatic heterocycles. The maximum absolute atomic E-state index is 13.5. The average Bonchev–Trinajstić information content (AvgIpc) is 2.89. The molecular formula is C20H27F3O4. The van der Waals surface area contributed by atoms with Gasteiger partial charge in [0.25, 0.3) is 0 Å². The summed E-state index contributed by atoms with van der Waals surface area (Å²) in [5.74, 6) is -1.82. The number of halogens is 3. The van der Waals surface area contributed by atoms with Crippen LogP contribution >= 0.6 is 0 Å². The monoisotopic (exact) mass is 388 g/mol. The lowest BCUT2D eigenvalue weighted by Gasteiger charge is -2.57. The van der Waals surface area contributed by atoms with Crippen LogP contribution in [0.1, 0.15) is 46.5 Å². The molecule has 4 nitrogen and oxygen atoms in total. The minimum Gasteiger partial charge on any atom is -0.459 e. The molecule has 1 heterocycles. The maximum atomic E-state index is 13.5. The van der Waals surface area contributed by atoms with Crippen LogP contribution in [-0.2, 0) is 9.53 Å². The van der Waals surface area contributed by atoms with E-state index in [1.165, 1.54) is 6.92 Å². The average molecular weight is 388 g/mol. The largest absolute Gasteiger partial charge is 0.459 e. The van der Waals surface area contributed by atoms with Gasteiger partial charge in [-0.1, -0.05) is 31.6 Å². The molecule has 3 aliphatic rings. The molecule has 0 bridgehead atoms. The molecule has 2 N–H and O–H groups in total. The van der Waals surface area contributed by atoms with Crippen LogP contribution in [-0.4, -0.2) is 40.7 Å². The highest BCUT2D eigenvalue weighted by Crippen LogP contribution is 2.61. The molecule has 2 fully saturated rings. The normalized spacial score (nSPS) is 44.1. The number of carbonyl (C=O) groups is 1. The Kier molecular flexibility index (Phi) is 5.00. The Balaban J connectivity index is 1.89. The molecule has 6 atom stereocenters. The number of allylic oxidation sites excluding steroid dienone is 3. The Morgan fingerprint density at radius 3 is 2.59 bits per heavy atom. The highest BCUT2D eigenvalue weighted by Gasteiger charge is 2.64. The number of alkyl halides is 3. The Morgan fingerprint density at radius 1 is 1.37 bits per heavy atom. The van der Waals surface area contributed by atoms with E-state index in [-0.39, 0.29) is 36.9 Å². The van der Waals surface area contributed by atoms with Crippen LogP contribution in [0.3, 0.4) is 0 Å². The fourth-order valence-electron chi connectivity index (χ4n) is 5.44. The smallest absolute Gasteiger partial charge is 0.417 e. The number of fused-ring (bicyclic) bond motifs is 1. The van der Waals surface area contributed by atoms with Crippen molar-refractivity contribution < 1.29 is 32.9 Å². The number of aliphatic hydroxyl groups excluding tert-OH is 1. The van der Waals surface area contributed by atoms with Gasteiger partial charge in [0.2, 0.25) is 0 Å². The van der Waals surface area contributed by atoms with E-state index in [9.17, 15) is 28.2 Å². The summed E-state index contributed by atoms with van der Waals surface area (Å²) < 4.78 is 45.4. The summed E-state index contributed by atoms with van der Waals surface area (Å²) in [7, 11) is 0. The summed E-state index contributed by atoms with van der Waals surface area (Å²) in [4.78, 5) is 11.7. The van der Waals surface area contributed by atoms with E-state index in [4.69, 9.17) is 4.74 Å². The van der Waals surface area contributed by atoms with Gasteiger partial charge in [-0.15, -0.1) is 0 Å². The SMILES string of the molecule is CC1=CC[C@@H]2[C@@H](C)[C@](O)(C(F)(F)F)CC[C@@]2(C)[C@@H]1C/C=C1/C(=O)OC[C@H]1O. The molecule has 1 saturated heterocycles. The minimum absolute atomic E-state index is 0.0513. The van der Waals surface area contributed by atoms with Gasteiger partial charge in [-0.3, -0.25) is 0 Å². The van der Waals surface area contributed by atoms with Crippen LogP contribution in [0.15, 0.2) is 23.3 Å². The number of cyclic esters (lactones) is 1. The van der Waals surface area contributed by atoms with Gasteiger partial charge in [0.15, 0.2) is 5.60 Å². The predicted molar refractivity (Wildman–Crippen MR) is 92.5 cm³/mol. The van der Waals surface area contributed by atoms with Crippen molar-refractivity contribution in [1.82, 2.24) is 0 Å². The van der Waals surface area contributed by atoms with Gasteiger partial charge >= 0.3 is 12.1 Å². The van der Waals surface area contributed by atoms with E-state index in [0.29, 0.717) is 12.8 Å². The van der Waals surface area contributed by atoms with E-state index in [1.54, 1.807) is 6.08 Å². The third-order valence-corrected chi connectivity index (χ3v) is 7.32. The van der Waals surface area contributed by atoms with Crippen molar-refractivity contribution in [2.24, 2.45) is 23.2 Å². The first-order valence-electron chi connectivity index (χ1n) is 9.43. The molecule has 3 rings (SSSR count). The van der Waals surface area contributed by atoms with Crippen molar-refractivity contribution in [1.29, 1.82) is 0 Å². The second kappa shape index (κ2) is 6.62. The number of aliphatic hydroxyl groups is 2. The van der Waals surface area contributed by atoms with Gasteiger partial charge in [0.05, 0.1) is 5.57 Å². The maximum Gasteiger partial charge on any atom is 0.417 e. The number of hydrogen-bond acceptors (Lipinski definition) is 4. The van der Waals surface area contributed by atoms with Crippen LogP contribution in [0.4, 0.5) is 13.2 Å². The van der Waals surface area contributed by atoms with Crippen molar-refractivity contribution in [3.63, 3.8) is 0 Å². The highest BCUT2D eigenvalue weighted by molar-refractivity contribution is 5.91. The quantitative estimate of drug-likeness (QED) is 0.431. The Hall–Kier alpha value is -1.34. The molecule has 0 radical (unpaired) electrons. The first kappa shape index (κ1) is 20.4. The lowest BCUT2D eigenvalue weighted by atomic mass is 9.49. The summed E-state index contributed by atoms with van der Waals surface area (Å²) in [6.45, 7) is 5.40. The van der Waals surface area contributed by atoms with E-state index in [1.807, 2.05) is 19.9 Å². The Labute approximate surface area is 157 Å². The molecule has 7 heteroatoms. The number of carbonyl (C=O) groups excluding carboxylic acids is 1. The van der Waals surface area contributed by atoms with E-state index in [0.717, 1.165) is 5.57 Å². The fourth-order valence-corrected chi connectivity index (χ4v) is 5.44. The van der Waals surface area contributed by atoms with Gasteiger partial charge in [-0.25, -0.2) is 4.79 Å². The number of rotatable bonds is 2.